The maximum Gasteiger partial charge on any atom is 0.227 e. The highest BCUT2D eigenvalue weighted by atomic mass is 35.5. The van der Waals surface area contributed by atoms with Gasteiger partial charge in [-0.15, -0.1) is 12.4 Å². The van der Waals surface area contributed by atoms with Crippen molar-refractivity contribution in [3.05, 3.63) is 35.9 Å². The van der Waals surface area contributed by atoms with Crippen LogP contribution in [0.4, 0.5) is 0 Å². The fourth-order valence-electron chi connectivity index (χ4n) is 0.997. The summed E-state index contributed by atoms with van der Waals surface area (Å²) in [6.45, 7) is 3.65. The predicted molar refractivity (Wildman–Crippen MR) is 55.9 cm³/mol. The van der Waals surface area contributed by atoms with E-state index >= 15 is 0 Å². The van der Waals surface area contributed by atoms with E-state index in [4.69, 9.17) is 5.73 Å². The van der Waals surface area contributed by atoms with Crippen molar-refractivity contribution in [2.45, 2.75) is 19.3 Å². The van der Waals surface area contributed by atoms with Crippen LogP contribution in [0.5, 0.6) is 0 Å². The van der Waals surface area contributed by atoms with Crippen LogP contribution < -0.4 is 5.73 Å². The van der Waals surface area contributed by atoms with Gasteiger partial charge in [0.05, 0.1) is 5.41 Å². The molecule has 13 heavy (non-hydrogen) atoms. The number of halogens is 1. The third-order valence-electron chi connectivity index (χ3n) is 2.11. The molecule has 0 aliphatic rings. The van der Waals surface area contributed by atoms with Crippen LogP contribution in [0.1, 0.15) is 19.4 Å². The van der Waals surface area contributed by atoms with E-state index in [9.17, 15) is 4.79 Å². The summed E-state index contributed by atoms with van der Waals surface area (Å²) in [6.07, 6.45) is 0. The fourth-order valence-corrected chi connectivity index (χ4v) is 0.997. The smallest absolute Gasteiger partial charge is 0.227 e. The van der Waals surface area contributed by atoms with Crippen LogP contribution in [0.15, 0.2) is 30.3 Å². The molecule has 0 atom stereocenters. The third kappa shape index (κ3) is 2.46. The highest BCUT2D eigenvalue weighted by molar-refractivity contribution is 5.85. The lowest BCUT2D eigenvalue weighted by Crippen LogP contribution is -2.35. The van der Waals surface area contributed by atoms with Gasteiger partial charge in [0, 0.05) is 0 Å². The SMILES string of the molecule is CC(C)(C(N)=O)c1ccccc1.Cl. The molecule has 2 N–H and O–H groups in total. The van der Waals surface area contributed by atoms with E-state index in [2.05, 4.69) is 0 Å². The van der Waals surface area contributed by atoms with Crippen LogP contribution >= 0.6 is 12.4 Å². The Hall–Kier alpha value is -1.02. The van der Waals surface area contributed by atoms with E-state index in [0.717, 1.165) is 5.56 Å². The Morgan fingerprint density at radius 2 is 1.69 bits per heavy atom. The Morgan fingerprint density at radius 1 is 1.23 bits per heavy atom. The zero-order valence-corrected chi connectivity index (χ0v) is 8.60. The number of carbonyl (C=O) groups excluding carboxylic acids is 1. The highest BCUT2D eigenvalue weighted by Crippen LogP contribution is 2.21. The molecule has 0 saturated heterocycles. The first kappa shape index (κ1) is 12.0. The van der Waals surface area contributed by atoms with Crippen LogP contribution in [0, 0.1) is 0 Å². The molecule has 0 saturated carbocycles. The molecule has 1 rings (SSSR count). The molecule has 0 aliphatic heterocycles. The molecule has 0 aliphatic carbocycles. The molecule has 0 aromatic heterocycles. The Balaban J connectivity index is 0.00000144. The minimum atomic E-state index is -0.568. The van der Waals surface area contributed by atoms with Crippen molar-refractivity contribution >= 4 is 18.3 Å². The lowest BCUT2D eigenvalue weighted by Gasteiger charge is -2.20. The Morgan fingerprint density at radius 3 is 2.08 bits per heavy atom. The van der Waals surface area contributed by atoms with Crippen molar-refractivity contribution in [3.8, 4) is 0 Å². The number of hydrogen-bond acceptors (Lipinski definition) is 1. The molecule has 3 heteroatoms. The van der Waals surface area contributed by atoms with Crippen LogP contribution in [0.2, 0.25) is 0 Å². The van der Waals surface area contributed by atoms with E-state index in [1.165, 1.54) is 0 Å². The summed E-state index contributed by atoms with van der Waals surface area (Å²) >= 11 is 0. The minimum absolute atomic E-state index is 0. The van der Waals surface area contributed by atoms with Crippen LogP contribution in [0.25, 0.3) is 0 Å². The van der Waals surface area contributed by atoms with Crippen molar-refractivity contribution < 1.29 is 4.79 Å². The van der Waals surface area contributed by atoms with Crippen molar-refractivity contribution in [1.82, 2.24) is 0 Å². The average Bonchev–Trinajstić information content (AvgIpc) is 2.06. The number of carbonyl (C=O) groups is 1. The normalized spacial score (nSPS) is 10.3. The number of nitrogens with two attached hydrogens (primary N) is 1. The highest BCUT2D eigenvalue weighted by Gasteiger charge is 2.26. The number of primary amides is 1. The summed E-state index contributed by atoms with van der Waals surface area (Å²) in [7, 11) is 0. The first-order chi connectivity index (χ1) is 5.55. The molecule has 1 aromatic carbocycles. The summed E-state index contributed by atoms with van der Waals surface area (Å²) < 4.78 is 0. The molecule has 0 bridgehead atoms. The number of benzene rings is 1. The summed E-state index contributed by atoms with van der Waals surface area (Å²) in [4.78, 5) is 11.0. The number of amides is 1. The van der Waals surface area contributed by atoms with Gasteiger partial charge in [0.25, 0.3) is 0 Å². The lowest BCUT2D eigenvalue weighted by atomic mass is 9.84. The van der Waals surface area contributed by atoms with Gasteiger partial charge in [0.15, 0.2) is 0 Å². The largest absolute Gasteiger partial charge is 0.369 e. The standard InChI is InChI=1S/C10H13NO.ClH/c1-10(2,9(11)12)8-6-4-3-5-7-8;/h3-7H,1-2H3,(H2,11,12);1H. The van der Waals surface area contributed by atoms with Gasteiger partial charge in [-0.25, -0.2) is 0 Å². The second-order valence-corrected chi connectivity index (χ2v) is 3.36. The van der Waals surface area contributed by atoms with E-state index in [-0.39, 0.29) is 18.3 Å². The maximum atomic E-state index is 11.0. The topological polar surface area (TPSA) is 43.1 Å². The molecular formula is C10H14ClNO. The van der Waals surface area contributed by atoms with Crippen LogP contribution in [-0.4, -0.2) is 5.91 Å². The number of hydrogen-bond donors (Lipinski definition) is 1. The van der Waals surface area contributed by atoms with Gasteiger partial charge < -0.3 is 5.73 Å². The van der Waals surface area contributed by atoms with Crippen LogP contribution in [0.3, 0.4) is 0 Å². The molecule has 0 unspecified atom stereocenters. The first-order valence-electron chi connectivity index (χ1n) is 3.90. The van der Waals surface area contributed by atoms with Gasteiger partial charge in [-0.2, -0.15) is 0 Å². The van der Waals surface area contributed by atoms with Crippen molar-refractivity contribution in [2.75, 3.05) is 0 Å². The van der Waals surface area contributed by atoms with Gasteiger partial charge in [-0.05, 0) is 19.4 Å². The zero-order chi connectivity index (χ0) is 9.19. The predicted octanol–water partition coefficient (Wildman–Crippen LogP) is 1.87. The fraction of sp³-hybridized carbons (Fsp3) is 0.300. The van der Waals surface area contributed by atoms with E-state index < -0.39 is 5.41 Å². The molecule has 0 fully saturated rings. The Bertz CT molecular complexity index is 282. The second kappa shape index (κ2) is 4.28. The lowest BCUT2D eigenvalue weighted by molar-refractivity contribution is -0.122. The monoisotopic (exact) mass is 199 g/mol. The van der Waals surface area contributed by atoms with E-state index in [1.807, 2.05) is 44.2 Å². The molecule has 1 amide bonds. The number of rotatable bonds is 2. The molecular weight excluding hydrogens is 186 g/mol. The summed E-state index contributed by atoms with van der Waals surface area (Å²) in [5.41, 5.74) is 5.65. The minimum Gasteiger partial charge on any atom is -0.369 e. The third-order valence-corrected chi connectivity index (χ3v) is 2.11. The summed E-state index contributed by atoms with van der Waals surface area (Å²) in [6, 6.07) is 9.54. The van der Waals surface area contributed by atoms with Gasteiger partial charge in [0.1, 0.15) is 0 Å². The maximum absolute atomic E-state index is 11.0. The quantitative estimate of drug-likeness (QED) is 0.777. The summed E-state index contributed by atoms with van der Waals surface area (Å²) in [5, 5.41) is 0. The van der Waals surface area contributed by atoms with Crippen molar-refractivity contribution in [1.29, 1.82) is 0 Å². The molecule has 1 aromatic rings. The van der Waals surface area contributed by atoms with E-state index in [0.29, 0.717) is 0 Å². The Labute approximate surface area is 84.5 Å². The molecule has 0 spiro atoms. The first-order valence-corrected chi connectivity index (χ1v) is 3.90. The van der Waals surface area contributed by atoms with Gasteiger partial charge in [0.2, 0.25) is 5.91 Å². The average molecular weight is 200 g/mol. The summed E-state index contributed by atoms with van der Waals surface area (Å²) in [5.74, 6) is -0.297. The van der Waals surface area contributed by atoms with Gasteiger partial charge >= 0.3 is 0 Å². The molecule has 2 nitrogen and oxygen atoms in total. The van der Waals surface area contributed by atoms with Crippen molar-refractivity contribution in [3.63, 3.8) is 0 Å². The van der Waals surface area contributed by atoms with Crippen LogP contribution in [-0.2, 0) is 10.2 Å². The second-order valence-electron chi connectivity index (χ2n) is 3.36. The van der Waals surface area contributed by atoms with Gasteiger partial charge in [-0.1, -0.05) is 30.3 Å². The Kier molecular flexibility index (Phi) is 3.95. The van der Waals surface area contributed by atoms with Gasteiger partial charge in [-0.3, -0.25) is 4.79 Å². The van der Waals surface area contributed by atoms with Crippen molar-refractivity contribution in [2.24, 2.45) is 5.73 Å². The molecule has 72 valence electrons. The molecule has 0 radical (unpaired) electrons. The molecule has 0 heterocycles. The zero-order valence-electron chi connectivity index (χ0n) is 7.78. The van der Waals surface area contributed by atoms with E-state index in [1.54, 1.807) is 0 Å².